The van der Waals surface area contributed by atoms with Crippen molar-refractivity contribution in [1.82, 2.24) is 0 Å². The normalized spacial score (nSPS) is 24.0. The van der Waals surface area contributed by atoms with Crippen molar-refractivity contribution in [2.45, 2.75) is 66.2 Å². The Morgan fingerprint density at radius 3 is 2.16 bits per heavy atom. The van der Waals surface area contributed by atoms with Crippen LogP contribution in [-0.4, -0.2) is 18.4 Å². The molecule has 19 heavy (non-hydrogen) atoms. The maximum absolute atomic E-state index is 12.5. The van der Waals surface area contributed by atoms with Crippen LogP contribution in [0.2, 0.25) is 0 Å². The second-order valence-corrected chi connectivity index (χ2v) is 6.22. The SMILES string of the molecule is CCCC1CCC(C(=O)C(C)(C)C(=O)OCC)CC1. The van der Waals surface area contributed by atoms with Crippen molar-refractivity contribution in [1.29, 1.82) is 0 Å². The molecule has 0 aromatic carbocycles. The van der Waals surface area contributed by atoms with E-state index in [0.717, 1.165) is 31.6 Å². The van der Waals surface area contributed by atoms with E-state index in [1.54, 1.807) is 20.8 Å². The third-order valence-corrected chi connectivity index (χ3v) is 4.32. The molecule has 1 rings (SSSR count). The van der Waals surface area contributed by atoms with E-state index in [1.807, 2.05) is 0 Å². The predicted molar refractivity (Wildman–Crippen MR) is 75.8 cm³/mol. The van der Waals surface area contributed by atoms with E-state index in [0.29, 0.717) is 6.61 Å². The molecule has 1 saturated carbocycles. The third-order valence-electron chi connectivity index (χ3n) is 4.32. The van der Waals surface area contributed by atoms with Crippen LogP contribution in [0.4, 0.5) is 0 Å². The third kappa shape index (κ3) is 4.05. The smallest absolute Gasteiger partial charge is 0.319 e. The monoisotopic (exact) mass is 268 g/mol. The Morgan fingerprint density at radius 1 is 1.11 bits per heavy atom. The van der Waals surface area contributed by atoms with E-state index in [-0.39, 0.29) is 17.7 Å². The van der Waals surface area contributed by atoms with Gasteiger partial charge in [0.2, 0.25) is 0 Å². The number of hydrogen-bond donors (Lipinski definition) is 0. The van der Waals surface area contributed by atoms with Gasteiger partial charge in [-0.2, -0.15) is 0 Å². The first kappa shape index (κ1) is 16.2. The summed E-state index contributed by atoms with van der Waals surface area (Å²) in [4.78, 5) is 24.4. The molecule has 0 atom stereocenters. The van der Waals surface area contributed by atoms with Gasteiger partial charge in [0.25, 0.3) is 0 Å². The highest BCUT2D eigenvalue weighted by Gasteiger charge is 2.42. The summed E-state index contributed by atoms with van der Waals surface area (Å²) in [6.07, 6.45) is 6.62. The van der Waals surface area contributed by atoms with E-state index in [1.165, 1.54) is 12.8 Å². The molecule has 3 heteroatoms. The zero-order valence-electron chi connectivity index (χ0n) is 12.8. The molecule has 0 aliphatic heterocycles. The molecule has 3 nitrogen and oxygen atoms in total. The van der Waals surface area contributed by atoms with Crippen molar-refractivity contribution in [3.05, 3.63) is 0 Å². The number of carbonyl (C=O) groups is 2. The first-order valence-electron chi connectivity index (χ1n) is 7.65. The van der Waals surface area contributed by atoms with Crippen LogP contribution in [0.15, 0.2) is 0 Å². The fourth-order valence-corrected chi connectivity index (χ4v) is 3.04. The standard InChI is InChI=1S/C16H28O3/c1-5-7-12-8-10-13(11-9-12)14(17)16(3,4)15(18)19-6-2/h12-13H,5-11H2,1-4H3. The number of rotatable bonds is 6. The average molecular weight is 268 g/mol. The number of esters is 1. The lowest BCUT2D eigenvalue weighted by molar-refractivity contribution is -0.159. The van der Waals surface area contributed by atoms with Crippen molar-refractivity contribution < 1.29 is 14.3 Å². The Bertz CT molecular complexity index is 312. The van der Waals surface area contributed by atoms with Gasteiger partial charge in [-0.3, -0.25) is 9.59 Å². The van der Waals surface area contributed by atoms with Crippen LogP contribution < -0.4 is 0 Å². The van der Waals surface area contributed by atoms with E-state index in [4.69, 9.17) is 4.74 Å². The minimum absolute atomic E-state index is 0.0486. The summed E-state index contributed by atoms with van der Waals surface area (Å²) >= 11 is 0. The lowest BCUT2D eigenvalue weighted by Crippen LogP contribution is -2.40. The van der Waals surface area contributed by atoms with Gasteiger partial charge in [-0.1, -0.05) is 19.8 Å². The first-order chi connectivity index (χ1) is 8.93. The lowest BCUT2D eigenvalue weighted by atomic mass is 9.72. The van der Waals surface area contributed by atoms with E-state index in [9.17, 15) is 9.59 Å². The van der Waals surface area contributed by atoms with Crippen LogP contribution in [-0.2, 0) is 14.3 Å². The first-order valence-corrected chi connectivity index (χ1v) is 7.65. The van der Waals surface area contributed by atoms with Crippen LogP contribution in [0.1, 0.15) is 66.2 Å². The van der Waals surface area contributed by atoms with Crippen molar-refractivity contribution in [3.8, 4) is 0 Å². The van der Waals surface area contributed by atoms with Crippen molar-refractivity contribution in [2.24, 2.45) is 17.3 Å². The second-order valence-electron chi connectivity index (χ2n) is 6.22. The van der Waals surface area contributed by atoms with E-state index in [2.05, 4.69) is 6.92 Å². The maximum atomic E-state index is 12.5. The van der Waals surface area contributed by atoms with Crippen molar-refractivity contribution >= 4 is 11.8 Å². The number of carbonyl (C=O) groups excluding carboxylic acids is 2. The molecule has 0 radical (unpaired) electrons. The molecule has 0 amide bonds. The molecule has 0 aromatic heterocycles. The van der Waals surface area contributed by atoms with Gasteiger partial charge in [-0.05, 0) is 52.4 Å². The van der Waals surface area contributed by atoms with Gasteiger partial charge in [0.1, 0.15) is 5.41 Å². The van der Waals surface area contributed by atoms with Crippen LogP contribution in [0.3, 0.4) is 0 Å². The quantitative estimate of drug-likeness (QED) is 0.544. The Balaban J connectivity index is 2.57. The fourth-order valence-electron chi connectivity index (χ4n) is 3.04. The van der Waals surface area contributed by atoms with E-state index >= 15 is 0 Å². The molecule has 0 bridgehead atoms. The molecule has 110 valence electrons. The molecule has 0 unspecified atom stereocenters. The number of ketones is 1. The molecule has 0 saturated heterocycles. The summed E-state index contributed by atoms with van der Waals surface area (Å²) in [5, 5.41) is 0. The summed E-state index contributed by atoms with van der Waals surface area (Å²) in [6, 6.07) is 0. The van der Waals surface area contributed by atoms with Gasteiger partial charge in [0, 0.05) is 5.92 Å². The molecular formula is C16H28O3. The summed E-state index contributed by atoms with van der Waals surface area (Å²) in [5.41, 5.74) is -0.988. The summed E-state index contributed by atoms with van der Waals surface area (Å²) in [6.45, 7) is 7.71. The zero-order valence-corrected chi connectivity index (χ0v) is 12.8. The van der Waals surface area contributed by atoms with Gasteiger partial charge in [-0.25, -0.2) is 0 Å². The van der Waals surface area contributed by atoms with Gasteiger partial charge in [0.15, 0.2) is 5.78 Å². The maximum Gasteiger partial charge on any atom is 0.319 e. The molecule has 1 fully saturated rings. The highest BCUT2D eigenvalue weighted by Crippen LogP contribution is 2.36. The number of Topliss-reactive ketones (excluding diaryl/α,β-unsaturated/α-hetero) is 1. The molecule has 0 heterocycles. The minimum atomic E-state index is -0.988. The molecule has 0 N–H and O–H groups in total. The number of ether oxygens (including phenoxy) is 1. The summed E-state index contributed by atoms with van der Waals surface area (Å²) in [7, 11) is 0. The second kappa shape index (κ2) is 7.06. The predicted octanol–water partition coefficient (Wildman–Crippen LogP) is 3.75. The Kier molecular flexibility index (Phi) is 6.02. The topological polar surface area (TPSA) is 43.4 Å². The largest absolute Gasteiger partial charge is 0.465 e. The molecule has 0 aromatic rings. The zero-order chi connectivity index (χ0) is 14.5. The van der Waals surface area contributed by atoms with Gasteiger partial charge >= 0.3 is 5.97 Å². The number of hydrogen-bond acceptors (Lipinski definition) is 3. The summed E-state index contributed by atoms with van der Waals surface area (Å²) in [5.74, 6) is 0.517. The lowest BCUT2D eigenvalue weighted by Gasteiger charge is -2.32. The highest BCUT2D eigenvalue weighted by atomic mass is 16.5. The fraction of sp³-hybridized carbons (Fsp3) is 0.875. The van der Waals surface area contributed by atoms with Crippen LogP contribution >= 0.6 is 0 Å². The van der Waals surface area contributed by atoms with Gasteiger partial charge in [-0.15, -0.1) is 0 Å². The van der Waals surface area contributed by atoms with Crippen LogP contribution in [0.5, 0.6) is 0 Å². The molecule has 1 aliphatic carbocycles. The summed E-state index contributed by atoms with van der Waals surface area (Å²) < 4.78 is 5.02. The minimum Gasteiger partial charge on any atom is -0.465 e. The van der Waals surface area contributed by atoms with E-state index < -0.39 is 5.41 Å². The highest BCUT2D eigenvalue weighted by molar-refractivity contribution is 6.04. The molecule has 0 spiro atoms. The Labute approximate surface area is 117 Å². The van der Waals surface area contributed by atoms with Crippen molar-refractivity contribution in [2.75, 3.05) is 6.61 Å². The Hall–Kier alpha value is -0.860. The van der Waals surface area contributed by atoms with Crippen LogP contribution in [0, 0.1) is 17.3 Å². The van der Waals surface area contributed by atoms with Crippen molar-refractivity contribution in [3.63, 3.8) is 0 Å². The Morgan fingerprint density at radius 2 is 1.68 bits per heavy atom. The van der Waals surface area contributed by atoms with Crippen LogP contribution in [0.25, 0.3) is 0 Å². The molecule has 1 aliphatic rings. The average Bonchev–Trinajstić information content (AvgIpc) is 2.39. The molecular weight excluding hydrogens is 240 g/mol. The van der Waals surface area contributed by atoms with Gasteiger partial charge < -0.3 is 4.74 Å². The van der Waals surface area contributed by atoms with Gasteiger partial charge in [0.05, 0.1) is 6.61 Å².